The predicted molar refractivity (Wildman–Crippen MR) is 75.7 cm³/mol. The van der Waals surface area contributed by atoms with E-state index in [9.17, 15) is 4.39 Å². The van der Waals surface area contributed by atoms with E-state index in [2.05, 4.69) is 26.1 Å². The highest BCUT2D eigenvalue weighted by atomic mass is 19.1. The zero-order chi connectivity index (χ0) is 14.3. The van der Waals surface area contributed by atoms with Crippen LogP contribution in [0.25, 0.3) is 0 Å². The fourth-order valence-electron chi connectivity index (χ4n) is 1.63. The van der Waals surface area contributed by atoms with Gasteiger partial charge in [-0.1, -0.05) is 12.1 Å². The van der Waals surface area contributed by atoms with Crippen molar-refractivity contribution in [3.63, 3.8) is 0 Å². The number of ether oxygens (including phenoxy) is 2. The second-order valence-corrected chi connectivity index (χ2v) is 5.32. The number of hydrogen-bond donors (Lipinski definition) is 1. The van der Waals surface area contributed by atoms with E-state index in [0.29, 0.717) is 24.7 Å². The Bertz CT molecular complexity index is 388. The smallest absolute Gasteiger partial charge is 0.165 e. The van der Waals surface area contributed by atoms with Crippen molar-refractivity contribution in [2.75, 3.05) is 19.9 Å². The number of rotatable bonds is 7. The molecule has 108 valence electrons. The van der Waals surface area contributed by atoms with Crippen molar-refractivity contribution in [2.45, 2.75) is 39.8 Å². The molecule has 1 N–H and O–H groups in total. The molecule has 1 rings (SSSR count). The Balaban J connectivity index is 2.90. The summed E-state index contributed by atoms with van der Waals surface area (Å²) in [5.41, 5.74) is 0.994. The molecule has 0 aromatic heterocycles. The van der Waals surface area contributed by atoms with Gasteiger partial charge in [0.2, 0.25) is 0 Å². The standard InChI is InChI=1S/C15H24FNO2/c1-5-18-13-8-6-7-12(11-17-15(2,3)4)14(13)19-10-9-16/h6-8,17H,5,9-11H2,1-4H3. The van der Waals surface area contributed by atoms with Crippen LogP contribution in [0.4, 0.5) is 4.39 Å². The van der Waals surface area contributed by atoms with Gasteiger partial charge >= 0.3 is 0 Å². The summed E-state index contributed by atoms with van der Waals surface area (Å²) in [4.78, 5) is 0. The molecule has 0 saturated carbocycles. The van der Waals surface area contributed by atoms with Gasteiger partial charge in [-0.2, -0.15) is 0 Å². The normalized spacial score (nSPS) is 11.4. The van der Waals surface area contributed by atoms with E-state index in [0.717, 1.165) is 5.56 Å². The molecule has 0 fully saturated rings. The second kappa shape index (κ2) is 7.34. The maximum Gasteiger partial charge on any atom is 0.165 e. The van der Waals surface area contributed by atoms with Gasteiger partial charge in [0.1, 0.15) is 13.3 Å². The van der Waals surface area contributed by atoms with Gasteiger partial charge < -0.3 is 14.8 Å². The lowest BCUT2D eigenvalue weighted by Crippen LogP contribution is -2.35. The van der Waals surface area contributed by atoms with E-state index in [-0.39, 0.29) is 12.1 Å². The minimum atomic E-state index is -0.507. The summed E-state index contributed by atoms with van der Waals surface area (Å²) in [6.45, 7) is 8.97. The summed E-state index contributed by atoms with van der Waals surface area (Å²) in [7, 11) is 0. The average Bonchev–Trinajstić information content (AvgIpc) is 2.34. The first-order valence-corrected chi connectivity index (χ1v) is 6.66. The van der Waals surface area contributed by atoms with Crippen molar-refractivity contribution < 1.29 is 13.9 Å². The molecule has 0 spiro atoms. The molecule has 1 aromatic carbocycles. The van der Waals surface area contributed by atoms with Crippen LogP contribution in [0, 0.1) is 0 Å². The van der Waals surface area contributed by atoms with Crippen molar-refractivity contribution in [3.05, 3.63) is 23.8 Å². The third-order valence-electron chi connectivity index (χ3n) is 2.49. The van der Waals surface area contributed by atoms with E-state index < -0.39 is 6.67 Å². The molecule has 0 amide bonds. The van der Waals surface area contributed by atoms with Crippen LogP contribution < -0.4 is 14.8 Å². The third-order valence-corrected chi connectivity index (χ3v) is 2.49. The maximum absolute atomic E-state index is 12.3. The van der Waals surface area contributed by atoms with Crippen molar-refractivity contribution in [1.82, 2.24) is 5.32 Å². The van der Waals surface area contributed by atoms with E-state index in [1.807, 2.05) is 25.1 Å². The molecule has 0 bridgehead atoms. The number of hydrogen-bond acceptors (Lipinski definition) is 3. The van der Waals surface area contributed by atoms with Gasteiger partial charge in [0.05, 0.1) is 6.61 Å². The topological polar surface area (TPSA) is 30.5 Å². The van der Waals surface area contributed by atoms with Gasteiger partial charge in [0.25, 0.3) is 0 Å². The highest BCUT2D eigenvalue weighted by Gasteiger charge is 2.14. The Hall–Kier alpha value is -1.29. The lowest BCUT2D eigenvalue weighted by Gasteiger charge is -2.22. The van der Waals surface area contributed by atoms with Crippen LogP contribution in [0.5, 0.6) is 11.5 Å². The van der Waals surface area contributed by atoms with Gasteiger partial charge in [-0.3, -0.25) is 0 Å². The molecule has 0 aliphatic carbocycles. The second-order valence-electron chi connectivity index (χ2n) is 5.32. The summed E-state index contributed by atoms with van der Waals surface area (Å²) < 4.78 is 23.3. The minimum absolute atomic E-state index is 0.0129. The molecule has 0 unspecified atom stereocenters. The van der Waals surface area contributed by atoms with Crippen LogP contribution in [0.2, 0.25) is 0 Å². The maximum atomic E-state index is 12.3. The van der Waals surface area contributed by atoms with E-state index in [1.54, 1.807) is 0 Å². The van der Waals surface area contributed by atoms with Gasteiger partial charge in [0, 0.05) is 17.6 Å². The quantitative estimate of drug-likeness (QED) is 0.823. The number of nitrogens with one attached hydrogen (secondary N) is 1. The molecule has 3 nitrogen and oxygen atoms in total. The van der Waals surface area contributed by atoms with Gasteiger partial charge in [-0.15, -0.1) is 0 Å². The van der Waals surface area contributed by atoms with E-state index in [4.69, 9.17) is 9.47 Å². The number of benzene rings is 1. The molecule has 4 heteroatoms. The Morgan fingerprint density at radius 2 is 1.95 bits per heavy atom. The highest BCUT2D eigenvalue weighted by Crippen LogP contribution is 2.31. The molecule has 0 aliphatic rings. The zero-order valence-electron chi connectivity index (χ0n) is 12.3. The Morgan fingerprint density at radius 3 is 2.53 bits per heavy atom. The number of alkyl halides is 1. The Morgan fingerprint density at radius 1 is 1.21 bits per heavy atom. The third kappa shape index (κ3) is 5.47. The molecule has 0 saturated heterocycles. The largest absolute Gasteiger partial charge is 0.490 e. The monoisotopic (exact) mass is 269 g/mol. The van der Waals surface area contributed by atoms with E-state index in [1.165, 1.54) is 0 Å². The van der Waals surface area contributed by atoms with Crippen LogP contribution in [0.1, 0.15) is 33.3 Å². The summed E-state index contributed by atoms with van der Waals surface area (Å²) in [6, 6.07) is 5.74. The van der Waals surface area contributed by atoms with Crippen molar-refractivity contribution >= 4 is 0 Å². The molecule has 0 aliphatic heterocycles. The lowest BCUT2D eigenvalue weighted by atomic mass is 10.1. The SMILES string of the molecule is CCOc1cccc(CNC(C)(C)C)c1OCCF. The van der Waals surface area contributed by atoms with Crippen molar-refractivity contribution in [2.24, 2.45) is 0 Å². The summed E-state index contributed by atoms with van der Waals surface area (Å²) in [6.07, 6.45) is 0. The lowest BCUT2D eigenvalue weighted by molar-refractivity contribution is 0.248. The van der Waals surface area contributed by atoms with Gasteiger partial charge in [-0.05, 0) is 33.8 Å². The summed E-state index contributed by atoms with van der Waals surface area (Å²) in [5, 5.41) is 3.40. The first-order chi connectivity index (χ1) is 8.98. The van der Waals surface area contributed by atoms with Crippen LogP contribution in [0.15, 0.2) is 18.2 Å². The molecule has 0 radical (unpaired) electrons. The zero-order valence-corrected chi connectivity index (χ0v) is 12.3. The average molecular weight is 269 g/mol. The number of halogens is 1. The Kier molecular flexibility index (Phi) is 6.09. The molecule has 1 aromatic rings. The highest BCUT2D eigenvalue weighted by molar-refractivity contribution is 5.46. The summed E-state index contributed by atoms with van der Waals surface area (Å²) in [5.74, 6) is 1.31. The molecule has 0 heterocycles. The first-order valence-electron chi connectivity index (χ1n) is 6.66. The fraction of sp³-hybridized carbons (Fsp3) is 0.600. The van der Waals surface area contributed by atoms with Crippen molar-refractivity contribution in [3.8, 4) is 11.5 Å². The fourth-order valence-corrected chi connectivity index (χ4v) is 1.63. The van der Waals surface area contributed by atoms with Crippen LogP contribution >= 0.6 is 0 Å². The Labute approximate surface area is 115 Å². The van der Waals surface area contributed by atoms with Crippen LogP contribution in [-0.4, -0.2) is 25.4 Å². The molecular formula is C15H24FNO2. The predicted octanol–water partition coefficient (Wildman–Crippen LogP) is 3.32. The summed E-state index contributed by atoms with van der Waals surface area (Å²) >= 11 is 0. The van der Waals surface area contributed by atoms with Gasteiger partial charge in [0.15, 0.2) is 11.5 Å². The minimum Gasteiger partial charge on any atom is -0.490 e. The van der Waals surface area contributed by atoms with E-state index >= 15 is 0 Å². The van der Waals surface area contributed by atoms with Gasteiger partial charge in [-0.25, -0.2) is 4.39 Å². The first kappa shape index (κ1) is 15.8. The van der Waals surface area contributed by atoms with Crippen LogP contribution in [0.3, 0.4) is 0 Å². The van der Waals surface area contributed by atoms with Crippen LogP contribution in [-0.2, 0) is 6.54 Å². The molecule has 0 atom stereocenters. The molecular weight excluding hydrogens is 245 g/mol. The number of para-hydroxylation sites is 1. The van der Waals surface area contributed by atoms with Crippen molar-refractivity contribution in [1.29, 1.82) is 0 Å². The molecule has 19 heavy (non-hydrogen) atoms.